The Balaban J connectivity index is 0.000000267. The summed E-state index contributed by atoms with van der Waals surface area (Å²) < 4.78 is 85.5. The molecule has 0 atom stereocenters. The molecular formula is C109H145NO27S3. The number of esters is 9. The van der Waals surface area contributed by atoms with E-state index in [9.17, 15) is 52.7 Å². The van der Waals surface area contributed by atoms with Gasteiger partial charge in [-0.1, -0.05) is 58.6 Å². The number of fused-ring (bicyclic) bond motifs is 2. The van der Waals surface area contributed by atoms with Gasteiger partial charge in [0, 0.05) is 61.8 Å². The van der Waals surface area contributed by atoms with Crippen LogP contribution in [0.4, 0.5) is 0 Å². The number of nitrogens with zero attached hydrogens (tertiary/aromatic N) is 1. The fourth-order valence-electron chi connectivity index (χ4n) is 15.7. The van der Waals surface area contributed by atoms with Gasteiger partial charge in [-0.05, 0) is 308 Å². The van der Waals surface area contributed by atoms with Crippen LogP contribution in [0.15, 0.2) is 166 Å². The zero-order valence-electron chi connectivity index (χ0n) is 82.7. The minimum atomic E-state index is -0.420. The fraction of sp³-hybridized carbons (Fsp3) is 0.523. The minimum absolute atomic E-state index is 0.0139. The van der Waals surface area contributed by atoms with Gasteiger partial charge in [-0.25, -0.2) is 33.8 Å². The van der Waals surface area contributed by atoms with Crippen LogP contribution < -0.4 is 33.2 Å². The molecule has 0 N–H and O–H groups in total. The lowest BCUT2D eigenvalue weighted by molar-refractivity contribution is -0.151. The highest BCUT2D eigenvalue weighted by Crippen LogP contribution is 2.46. The van der Waals surface area contributed by atoms with Gasteiger partial charge in [0.15, 0.2) is 11.5 Å². The van der Waals surface area contributed by atoms with Crippen LogP contribution >= 0.6 is 34.0 Å². The number of carbonyl (C=O) groups is 11. The zero-order chi connectivity index (χ0) is 101. The Labute approximate surface area is 837 Å². The number of ketones is 2. The molecule has 4 aromatic carbocycles. The van der Waals surface area contributed by atoms with Crippen LogP contribution in [0.1, 0.15) is 236 Å². The molecule has 3 heterocycles. The molecule has 7 aromatic rings. The third-order valence-corrected chi connectivity index (χ3v) is 27.6. The van der Waals surface area contributed by atoms with Crippen LogP contribution in [0.3, 0.4) is 0 Å². The van der Waals surface area contributed by atoms with E-state index in [-0.39, 0.29) is 82.9 Å². The van der Waals surface area contributed by atoms with E-state index in [0.717, 1.165) is 165 Å². The molecule has 766 valence electrons. The van der Waals surface area contributed by atoms with Crippen molar-refractivity contribution >= 4 is 119 Å². The monoisotopic (exact) mass is 2000 g/mol. The van der Waals surface area contributed by atoms with Gasteiger partial charge < -0.3 is 75.8 Å². The Kier molecular flexibility index (Phi) is 58.2. The van der Waals surface area contributed by atoms with Crippen LogP contribution in [0.5, 0.6) is 40.2 Å². The van der Waals surface area contributed by atoms with Crippen LogP contribution in [0, 0.1) is 35.5 Å². The Morgan fingerprint density at radius 1 is 0.350 bits per heavy atom. The van der Waals surface area contributed by atoms with Gasteiger partial charge in [0.1, 0.15) is 55.5 Å². The van der Waals surface area contributed by atoms with Crippen LogP contribution in [0.2, 0.25) is 0 Å². The summed E-state index contributed by atoms with van der Waals surface area (Å²) in [5, 5.41) is 4.00. The van der Waals surface area contributed by atoms with Crippen molar-refractivity contribution in [1.29, 1.82) is 0 Å². The third kappa shape index (κ3) is 46.4. The summed E-state index contributed by atoms with van der Waals surface area (Å²) >= 11 is 4.76. The average Bonchev–Trinajstić information content (AvgIpc) is 1.61. The molecule has 0 unspecified atom stereocenters. The van der Waals surface area contributed by atoms with Gasteiger partial charge in [-0.15, -0.1) is 34.0 Å². The number of Topliss-reactive ketones (excluding diaryl/α,β-unsaturated/α-hetero) is 2. The Morgan fingerprint density at radius 3 is 1.09 bits per heavy atom. The molecule has 0 aliphatic heterocycles. The van der Waals surface area contributed by atoms with Crippen LogP contribution in [-0.2, 0) is 90.6 Å². The summed E-state index contributed by atoms with van der Waals surface area (Å²) in [7, 11) is 8.38. The number of thiazole rings is 1. The summed E-state index contributed by atoms with van der Waals surface area (Å²) in [5.41, 5.74) is 1.01. The van der Waals surface area contributed by atoms with Crippen LogP contribution in [0.25, 0.3) is 29.5 Å². The minimum Gasteiger partial charge on any atom is -0.497 e. The van der Waals surface area contributed by atoms with E-state index in [1.807, 2.05) is 55.6 Å². The number of benzene rings is 4. The lowest BCUT2D eigenvalue weighted by Gasteiger charge is -2.27. The maximum absolute atomic E-state index is 13.2. The molecular weight excluding hydrogens is 1850 g/mol. The van der Waals surface area contributed by atoms with Crippen molar-refractivity contribution in [3.05, 3.63) is 171 Å². The average molecular weight is 2000 g/mol. The summed E-state index contributed by atoms with van der Waals surface area (Å²) in [5.74, 6) is 2.66. The number of methoxy groups -OCH3 is 5. The van der Waals surface area contributed by atoms with Gasteiger partial charge in [0.05, 0.1) is 125 Å². The molecule has 4 fully saturated rings. The number of ether oxygens (including phenoxy) is 16. The third-order valence-electron chi connectivity index (χ3n) is 24.2. The molecule has 3 aromatic heterocycles. The molecule has 11 rings (SSSR count). The zero-order valence-corrected chi connectivity index (χ0v) is 85.2. The van der Waals surface area contributed by atoms with Crippen molar-refractivity contribution < 1.29 is 129 Å². The van der Waals surface area contributed by atoms with Gasteiger partial charge >= 0.3 is 53.7 Å². The number of hydrogen-bond donors (Lipinski definition) is 0. The second kappa shape index (κ2) is 69.5. The molecule has 0 saturated heterocycles. The molecule has 0 spiro atoms. The smallest absolute Gasteiger partial charge is 0.338 e. The van der Waals surface area contributed by atoms with E-state index >= 15 is 0 Å². The number of hydrogen-bond acceptors (Lipinski definition) is 31. The van der Waals surface area contributed by atoms with Gasteiger partial charge in [-0.3, -0.25) is 24.0 Å². The molecule has 4 aliphatic rings. The Hall–Kier alpha value is -11.4. The van der Waals surface area contributed by atoms with E-state index < -0.39 is 11.9 Å². The van der Waals surface area contributed by atoms with Gasteiger partial charge in [-0.2, -0.15) is 0 Å². The first-order chi connectivity index (χ1) is 67.9. The highest BCUT2D eigenvalue weighted by atomic mass is 32.2. The standard InChI is InChI=1S/C31H31NO6S3.C17H22O5.C16H22O4.C16H28O3.C15H24O5.C14H18O4/c1-16(33)18-3-7-20(8-4-18)29(35)37-23-11-12-24(38-30(36)21-9-5-19(6-10-21)17(2)34)27-26(23)32-28(41-27)25-15-22-13-14-39-31(22)40-25;1-3-16(18)21-12-6-4-5-7-13-22-17(19)14-8-10-15(20-2)11-9-14;1-3-16(17)20-13-7-5-4-6-12-19-15-10-8-14(18-2)9-11-15;1-3-16(17)19-13-7-5-4-6-8-14-9-11-15(18-2)12-10-14;1-3-14(16)19-10-4-5-11-20-15(17)12-6-8-13(18-2)9-7-12;1-3-14(15)18-11-5-4-10-17-13-8-6-12(16-2)7-9-13/h11-15,18-21H,3-10H2,1-2H3;3,8-11H,1,4-7,12-13H2,2H3;3,8-11H,1,4-7,12-13H2,2H3;3,14-15H,1,4-13H2,2H3;3,12-13H,1,4-11H2,2H3;3,6-9H,1,4-5,10-11H2,2H3. The maximum atomic E-state index is 13.2. The molecule has 0 bridgehead atoms. The van der Waals surface area contributed by atoms with E-state index in [1.54, 1.807) is 101 Å². The van der Waals surface area contributed by atoms with Crippen LogP contribution in [-0.4, -0.2) is 177 Å². The number of aromatic nitrogens is 1. The highest BCUT2D eigenvalue weighted by molar-refractivity contribution is 7.40. The number of carbonyl (C=O) groups excluding carboxylic acids is 11. The highest BCUT2D eigenvalue weighted by Gasteiger charge is 2.34. The molecule has 4 saturated carbocycles. The number of rotatable bonds is 52. The quantitative estimate of drug-likeness (QED) is 0.0112. The second-order valence-corrected chi connectivity index (χ2v) is 37.4. The summed E-state index contributed by atoms with van der Waals surface area (Å²) in [6, 6.07) is 29.3. The van der Waals surface area contributed by atoms with Crippen molar-refractivity contribution in [3.8, 4) is 50.1 Å². The topological polar surface area (TPSA) is 348 Å². The predicted octanol–water partition coefficient (Wildman–Crippen LogP) is 23.0. The number of thiophene rings is 2. The van der Waals surface area contributed by atoms with Gasteiger partial charge in [0.25, 0.3) is 0 Å². The summed E-state index contributed by atoms with van der Waals surface area (Å²) in [6.07, 6.45) is 37.0. The first-order valence-electron chi connectivity index (χ1n) is 48.8. The molecule has 0 amide bonds. The Bertz CT molecular complexity index is 4770. The van der Waals surface area contributed by atoms with Crippen molar-refractivity contribution in [1.82, 2.24) is 4.98 Å². The summed E-state index contributed by atoms with van der Waals surface area (Å²) in [6.45, 7) is 24.1. The van der Waals surface area contributed by atoms with Crippen molar-refractivity contribution in [2.24, 2.45) is 35.5 Å². The summed E-state index contributed by atoms with van der Waals surface area (Å²) in [4.78, 5) is 133. The second-order valence-electron chi connectivity index (χ2n) is 34.2. The lowest BCUT2D eigenvalue weighted by atomic mass is 9.80. The fourth-order valence-corrected chi connectivity index (χ4v) is 18.9. The van der Waals surface area contributed by atoms with E-state index in [1.165, 1.54) is 72.4 Å². The van der Waals surface area contributed by atoms with E-state index in [0.29, 0.717) is 169 Å². The largest absolute Gasteiger partial charge is 0.497 e. The predicted molar refractivity (Wildman–Crippen MR) is 543 cm³/mol. The van der Waals surface area contributed by atoms with Gasteiger partial charge in [0.2, 0.25) is 0 Å². The maximum Gasteiger partial charge on any atom is 0.338 e. The van der Waals surface area contributed by atoms with Crippen molar-refractivity contribution in [2.75, 3.05) is 95.0 Å². The SMILES string of the molecule is C=CC(=O)OCCCCCCC1CCC(OC)CC1.C=CC(=O)OCCCCCCOC(=O)c1ccc(OC)cc1.C=CC(=O)OCCCCCCOc1ccc(OC)cc1.C=CC(=O)OCCCCOC(=O)C1CCC(OC)CC1.C=CC(=O)OCCCCOc1ccc(OC)cc1.CC(=O)C1CCC(C(=O)Oc2ccc(OC(=O)C3CCC(C(C)=O)CC3)c3sc(-c4cc5ccsc5s4)nc23)CC1. The molecule has 4 aliphatic carbocycles. The molecule has 0 radical (unpaired) electrons. The first-order valence-corrected chi connectivity index (χ1v) is 51.3. The molecule has 140 heavy (non-hydrogen) atoms. The molecule has 28 nitrogen and oxygen atoms in total. The van der Waals surface area contributed by atoms with E-state index in [2.05, 4.69) is 50.4 Å². The lowest BCUT2D eigenvalue weighted by Crippen LogP contribution is -2.28. The van der Waals surface area contributed by atoms with Crippen molar-refractivity contribution in [3.63, 3.8) is 0 Å². The normalized spacial score (nSPS) is 17.2. The first kappa shape index (κ1) is 117. The van der Waals surface area contributed by atoms with Crippen molar-refractivity contribution in [2.45, 2.75) is 238 Å². The van der Waals surface area contributed by atoms with E-state index in [4.69, 9.17) is 80.8 Å². The Morgan fingerprint density at radius 2 is 0.686 bits per heavy atom. The molecule has 31 heteroatoms. The number of unbranched alkanes of at least 4 members (excludes halogenated alkanes) is 11.